The number of halogens is 1. The fourth-order valence-electron chi connectivity index (χ4n) is 2.87. The number of hydrogen-bond donors (Lipinski definition) is 0. The van der Waals surface area contributed by atoms with E-state index in [4.69, 9.17) is 4.74 Å². The van der Waals surface area contributed by atoms with Gasteiger partial charge in [-0.1, -0.05) is 113 Å². The Morgan fingerprint density at radius 2 is 1.13 bits per heavy atom. The van der Waals surface area contributed by atoms with Crippen molar-refractivity contribution in [3.8, 4) is 0 Å². The van der Waals surface area contributed by atoms with Crippen molar-refractivity contribution in [3.63, 3.8) is 0 Å². The summed E-state index contributed by atoms with van der Waals surface area (Å²) in [5, 5.41) is 0. The van der Waals surface area contributed by atoms with Gasteiger partial charge in [0.1, 0.15) is 4.83 Å². The number of hydrogen-bond acceptors (Lipinski definition) is 2. The molecule has 138 valence electrons. The van der Waals surface area contributed by atoms with E-state index in [-0.39, 0.29) is 10.8 Å². The second-order valence-electron chi connectivity index (χ2n) is 6.60. The number of rotatable bonds is 17. The molecule has 0 amide bonds. The molecular formula is C20H39BrO2. The number of ether oxygens (including phenoxy) is 1. The lowest BCUT2D eigenvalue weighted by Crippen LogP contribution is -2.17. The molecule has 0 fully saturated rings. The second kappa shape index (κ2) is 18.3. The van der Waals surface area contributed by atoms with E-state index in [1.807, 2.05) is 6.92 Å². The second-order valence-corrected chi connectivity index (χ2v) is 7.71. The minimum absolute atomic E-state index is 0.109. The van der Waals surface area contributed by atoms with Gasteiger partial charge in [-0.05, 0) is 13.3 Å². The molecule has 0 aliphatic carbocycles. The number of esters is 1. The zero-order chi connectivity index (χ0) is 17.2. The van der Waals surface area contributed by atoms with Gasteiger partial charge in [0.05, 0.1) is 6.61 Å². The van der Waals surface area contributed by atoms with E-state index in [9.17, 15) is 4.79 Å². The highest BCUT2D eigenvalue weighted by Crippen LogP contribution is 2.16. The van der Waals surface area contributed by atoms with Crippen molar-refractivity contribution in [2.24, 2.45) is 0 Å². The largest absolute Gasteiger partial charge is 0.465 e. The first-order valence-corrected chi connectivity index (χ1v) is 10.9. The predicted octanol–water partition coefficient (Wildman–Crippen LogP) is 7.18. The van der Waals surface area contributed by atoms with Crippen LogP contribution in [0.5, 0.6) is 0 Å². The molecule has 0 aromatic carbocycles. The Morgan fingerprint density at radius 3 is 1.52 bits per heavy atom. The molecule has 0 N–H and O–H groups in total. The van der Waals surface area contributed by atoms with Crippen molar-refractivity contribution < 1.29 is 9.53 Å². The zero-order valence-corrected chi connectivity index (χ0v) is 17.2. The van der Waals surface area contributed by atoms with Gasteiger partial charge in [-0.15, -0.1) is 0 Å². The van der Waals surface area contributed by atoms with E-state index >= 15 is 0 Å². The molecule has 0 aromatic rings. The Hall–Kier alpha value is -0.0500. The maximum Gasteiger partial charge on any atom is 0.319 e. The van der Waals surface area contributed by atoms with Gasteiger partial charge < -0.3 is 4.74 Å². The van der Waals surface area contributed by atoms with Gasteiger partial charge in [0.25, 0.3) is 0 Å². The third-order valence-electron chi connectivity index (χ3n) is 4.35. The summed E-state index contributed by atoms with van der Waals surface area (Å²) in [6.07, 6.45) is 20.0. The van der Waals surface area contributed by atoms with Crippen molar-refractivity contribution in [2.75, 3.05) is 6.61 Å². The van der Waals surface area contributed by atoms with Crippen LogP contribution in [-0.2, 0) is 9.53 Å². The number of carbonyl (C=O) groups is 1. The van der Waals surface area contributed by atoms with E-state index in [1.165, 1.54) is 83.5 Å². The highest BCUT2D eigenvalue weighted by molar-refractivity contribution is 9.10. The van der Waals surface area contributed by atoms with Gasteiger partial charge in [-0.3, -0.25) is 4.79 Å². The maximum absolute atomic E-state index is 11.4. The molecule has 1 atom stereocenters. The van der Waals surface area contributed by atoms with E-state index in [0.717, 1.165) is 12.8 Å². The van der Waals surface area contributed by atoms with Crippen LogP contribution in [0.1, 0.15) is 110 Å². The van der Waals surface area contributed by atoms with Crippen LogP contribution in [-0.4, -0.2) is 17.4 Å². The molecule has 23 heavy (non-hydrogen) atoms. The SMILES string of the molecule is CCCCCCCCCCCCCCCC[C@H](Br)C(=O)OCC. The molecule has 0 aliphatic heterocycles. The fraction of sp³-hybridized carbons (Fsp3) is 0.950. The Bertz CT molecular complexity index is 256. The number of carbonyl (C=O) groups excluding carboxylic acids is 1. The predicted molar refractivity (Wildman–Crippen MR) is 104 cm³/mol. The summed E-state index contributed by atoms with van der Waals surface area (Å²) in [7, 11) is 0. The standard InChI is InChI=1S/C20H39BrO2/c1-3-5-6-7-8-9-10-11-12-13-14-15-16-17-18-19(21)20(22)23-4-2/h19H,3-18H2,1-2H3/t19-/m0/s1. The van der Waals surface area contributed by atoms with Gasteiger partial charge >= 0.3 is 5.97 Å². The topological polar surface area (TPSA) is 26.3 Å². The summed E-state index contributed by atoms with van der Waals surface area (Å²) in [5.41, 5.74) is 0. The summed E-state index contributed by atoms with van der Waals surface area (Å²) in [4.78, 5) is 11.3. The molecule has 0 aliphatic rings. The summed E-state index contributed by atoms with van der Waals surface area (Å²) >= 11 is 3.41. The smallest absolute Gasteiger partial charge is 0.319 e. The van der Waals surface area contributed by atoms with Gasteiger partial charge in [0, 0.05) is 0 Å². The summed E-state index contributed by atoms with van der Waals surface area (Å²) in [6.45, 7) is 4.60. The first-order valence-electron chi connectivity index (χ1n) is 10.0. The van der Waals surface area contributed by atoms with Crippen LogP contribution in [0.2, 0.25) is 0 Å². The van der Waals surface area contributed by atoms with Gasteiger partial charge in [-0.25, -0.2) is 0 Å². The molecule has 0 saturated carbocycles. The van der Waals surface area contributed by atoms with Gasteiger partial charge in [-0.2, -0.15) is 0 Å². The average molecular weight is 391 g/mol. The summed E-state index contributed by atoms with van der Waals surface area (Å²) in [5.74, 6) is -0.109. The van der Waals surface area contributed by atoms with Crippen LogP contribution in [0.25, 0.3) is 0 Å². The first kappa shape index (κ1) is 22.9. The number of alkyl halides is 1. The quantitative estimate of drug-likeness (QED) is 0.149. The van der Waals surface area contributed by atoms with Crippen molar-refractivity contribution in [3.05, 3.63) is 0 Å². The molecule has 0 unspecified atom stereocenters. The lowest BCUT2D eigenvalue weighted by molar-refractivity contribution is -0.142. The van der Waals surface area contributed by atoms with E-state index in [0.29, 0.717) is 6.61 Å². The van der Waals surface area contributed by atoms with E-state index < -0.39 is 0 Å². The van der Waals surface area contributed by atoms with Crippen molar-refractivity contribution in [1.29, 1.82) is 0 Å². The Kier molecular flexibility index (Phi) is 18.3. The third kappa shape index (κ3) is 16.6. The highest BCUT2D eigenvalue weighted by Gasteiger charge is 2.14. The fourth-order valence-corrected chi connectivity index (χ4v) is 3.32. The van der Waals surface area contributed by atoms with Gasteiger partial charge in [0.15, 0.2) is 0 Å². The highest BCUT2D eigenvalue weighted by atomic mass is 79.9. The molecule has 0 rings (SSSR count). The van der Waals surface area contributed by atoms with Crippen LogP contribution in [0.4, 0.5) is 0 Å². The molecule has 0 aromatic heterocycles. The Balaban J connectivity index is 3.14. The van der Waals surface area contributed by atoms with Crippen LogP contribution in [0.3, 0.4) is 0 Å². The van der Waals surface area contributed by atoms with Crippen molar-refractivity contribution in [2.45, 2.75) is 115 Å². The minimum Gasteiger partial charge on any atom is -0.465 e. The molecule has 0 heterocycles. The number of unbranched alkanes of at least 4 members (excludes halogenated alkanes) is 13. The van der Waals surface area contributed by atoms with Crippen LogP contribution >= 0.6 is 15.9 Å². The van der Waals surface area contributed by atoms with E-state index in [2.05, 4.69) is 22.9 Å². The van der Waals surface area contributed by atoms with Crippen LogP contribution in [0, 0.1) is 0 Å². The molecule has 3 heteroatoms. The summed E-state index contributed by atoms with van der Waals surface area (Å²) < 4.78 is 4.99. The van der Waals surface area contributed by atoms with Crippen molar-refractivity contribution >= 4 is 21.9 Å². The summed E-state index contributed by atoms with van der Waals surface area (Å²) in [6, 6.07) is 0. The Morgan fingerprint density at radius 1 is 0.739 bits per heavy atom. The monoisotopic (exact) mass is 390 g/mol. The lowest BCUT2D eigenvalue weighted by atomic mass is 10.0. The van der Waals surface area contributed by atoms with E-state index in [1.54, 1.807) is 0 Å². The molecule has 0 spiro atoms. The average Bonchev–Trinajstić information content (AvgIpc) is 2.55. The lowest BCUT2D eigenvalue weighted by Gasteiger charge is -2.08. The first-order chi connectivity index (χ1) is 11.2. The third-order valence-corrected chi connectivity index (χ3v) is 5.19. The van der Waals surface area contributed by atoms with Crippen LogP contribution in [0.15, 0.2) is 0 Å². The minimum atomic E-state index is -0.111. The normalized spacial score (nSPS) is 12.3. The van der Waals surface area contributed by atoms with Crippen LogP contribution < -0.4 is 0 Å². The molecule has 0 saturated heterocycles. The Labute approximate surface area is 153 Å². The molecular weight excluding hydrogens is 352 g/mol. The molecule has 0 bridgehead atoms. The van der Waals surface area contributed by atoms with Gasteiger partial charge in [0.2, 0.25) is 0 Å². The molecule has 2 nitrogen and oxygen atoms in total. The zero-order valence-electron chi connectivity index (χ0n) is 15.6. The maximum atomic E-state index is 11.4. The molecule has 0 radical (unpaired) electrons. The van der Waals surface area contributed by atoms with Crippen molar-refractivity contribution in [1.82, 2.24) is 0 Å².